The van der Waals surface area contributed by atoms with E-state index in [1.54, 1.807) is 24.4 Å². The van der Waals surface area contributed by atoms with Crippen LogP contribution in [0.4, 0.5) is 10.1 Å². The summed E-state index contributed by atoms with van der Waals surface area (Å²) >= 11 is 0. The summed E-state index contributed by atoms with van der Waals surface area (Å²) in [5.41, 5.74) is 2.49. The Morgan fingerprint density at radius 1 is 1.23 bits per heavy atom. The van der Waals surface area contributed by atoms with Gasteiger partial charge in [0.1, 0.15) is 11.9 Å². The first-order valence-electron chi connectivity index (χ1n) is 9.46. The van der Waals surface area contributed by atoms with Gasteiger partial charge in [-0.25, -0.2) is 4.39 Å². The topological polar surface area (TPSA) is 101 Å². The maximum Gasteiger partial charge on any atom is 0.257 e. The van der Waals surface area contributed by atoms with Gasteiger partial charge in [-0.15, -0.1) is 0 Å². The first-order valence-corrected chi connectivity index (χ1v) is 9.46. The summed E-state index contributed by atoms with van der Waals surface area (Å²) in [4.78, 5) is 21.3. The van der Waals surface area contributed by atoms with Crippen LogP contribution < -0.4 is 5.32 Å². The Morgan fingerprint density at radius 3 is 2.87 bits per heavy atom. The van der Waals surface area contributed by atoms with Gasteiger partial charge in [0.25, 0.3) is 5.91 Å². The molecule has 2 N–H and O–H groups in total. The van der Waals surface area contributed by atoms with Gasteiger partial charge in [-0.05, 0) is 48.6 Å². The van der Waals surface area contributed by atoms with E-state index in [1.807, 2.05) is 19.1 Å². The van der Waals surface area contributed by atoms with Crippen molar-refractivity contribution in [1.82, 2.24) is 15.1 Å². The largest absolute Gasteiger partial charge is 0.508 e. The second-order valence-corrected chi connectivity index (χ2v) is 7.39. The smallest absolute Gasteiger partial charge is 0.257 e. The number of aryl methyl sites for hydroxylation is 1. The molecular weight excluding hydrogens is 387 g/mol. The number of aromatic nitrogens is 3. The van der Waals surface area contributed by atoms with Gasteiger partial charge >= 0.3 is 0 Å². The second-order valence-electron chi connectivity index (χ2n) is 7.39. The highest BCUT2D eigenvalue weighted by Crippen LogP contribution is 2.43. The number of fused-ring (bicyclic) bond motifs is 1. The molecule has 4 aromatic rings. The second kappa shape index (κ2) is 6.91. The molecule has 2 heterocycles. The number of phenolic OH excluding ortho intramolecular Hbond substituents is 1. The van der Waals surface area contributed by atoms with Crippen molar-refractivity contribution in [3.8, 4) is 17.1 Å². The molecule has 2 atom stereocenters. The molecule has 7 nitrogen and oxygen atoms in total. The number of pyridine rings is 1. The van der Waals surface area contributed by atoms with Crippen molar-refractivity contribution in [2.45, 2.75) is 25.4 Å². The molecular formula is C22H17FN4O3. The van der Waals surface area contributed by atoms with Crippen molar-refractivity contribution in [3.63, 3.8) is 0 Å². The van der Waals surface area contributed by atoms with Crippen LogP contribution in [0.25, 0.3) is 22.2 Å². The van der Waals surface area contributed by atoms with Crippen molar-refractivity contribution in [2.75, 3.05) is 5.32 Å². The van der Waals surface area contributed by atoms with Crippen LogP contribution >= 0.6 is 0 Å². The molecule has 0 bridgehead atoms. The molecule has 1 aliphatic rings. The third-order valence-electron chi connectivity index (χ3n) is 5.20. The van der Waals surface area contributed by atoms with Crippen molar-refractivity contribution in [2.24, 2.45) is 0 Å². The van der Waals surface area contributed by atoms with E-state index in [1.165, 1.54) is 12.3 Å². The number of carbonyl (C=O) groups excluding carboxylic acids is 1. The van der Waals surface area contributed by atoms with E-state index in [-0.39, 0.29) is 17.6 Å². The number of hydrogen-bond acceptors (Lipinski definition) is 6. The predicted molar refractivity (Wildman–Crippen MR) is 108 cm³/mol. The lowest BCUT2D eigenvalue weighted by molar-refractivity contribution is 0.102. The molecule has 2 aromatic carbocycles. The van der Waals surface area contributed by atoms with Gasteiger partial charge in [-0.3, -0.25) is 9.78 Å². The summed E-state index contributed by atoms with van der Waals surface area (Å²) < 4.78 is 18.4. The van der Waals surface area contributed by atoms with Gasteiger partial charge in [0.05, 0.1) is 11.5 Å². The SMILES string of the molecule is Cc1ccc(-c2noc([C@H]3C[C@@H]3F)n2)cc1NC(=O)c1cncc2cc(O)ccc12. The number of aromatic hydroxyl groups is 1. The summed E-state index contributed by atoms with van der Waals surface area (Å²) in [5, 5.41) is 17.8. The lowest BCUT2D eigenvalue weighted by Gasteiger charge is -2.11. The number of nitrogens with zero attached hydrogens (tertiary/aromatic N) is 3. The Hall–Kier alpha value is -3.81. The summed E-state index contributed by atoms with van der Waals surface area (Å²) in [5.74, 6) is 0.117. The Morgan fingerprint density at radius 2 is 2.07 bits per heavy atom. The van der Waals surface area contributed by atoms with Gasteiger partial charge in [-0.2, -0.15) is 4.98 Å². The van der Waals surface area contributed by atoms with Crippen molar-refractivity contribution in [3.05, 3.63) is 65.8 Å². The highest BCUT2D eigenvalue weighted by molar-refractivity contribution is 6.13. The number of benzene rings is 2. The fourth-order valence-electron chi connectivity index (χ4n) is 3.35. The number of alkyl halides is 1. The molecule has 0 radical (unpaired) electrons. The molecule has 2 aromatic heterocycles. The van der Waals surface area contributed by atoms with E-state index in [0.29, 0.717) is 45.7 Å². The van der Waals surface area contributed by atoms with Crippen LogP contribution in [0.15, 0.2) is 53.3 Å². The standard InChI is InChI=1S/C22H17FN4O3/c1-11-2-3-12(20-26-22(30-27-20)16-8-18(16)23)7-19(11)25-21(29)17-10-24-9-13-6-14(28)4-5-15(13)17/h2-7,9-10,16,18,28H,8H2,1H3,(H,25,29)/t16-,18-/m0/s1. The molecule has 0 saturated heterocycles. The summed E-state index contributed by atoms with van der Waals surface area (Å²) in [7, 11) is 0. The number of nitrogens with one attached hydrogen (secondary N) is 1. The zero-order chi connectivity index (χ0) is 20.8. The normalized spacial score (nSPS) is 17.8. The molecule has 0 aliphatic heterocycles. The zero-order valence-electron chi connectivity index (χ0n) is 16.0. The molecule has 1 saturated carbocycles. The Kier molecular flexibility index (Phi) is 4.20. The molecule has 1 aliphatic carbocycles. The third-order valence-corrected chi connectivity index (χ3v) is 5.20. The quantitative estimate of drug-likeness (QED) is 0.524. The monoisotopic (exact) mass is 404 g/mol. The van der Waals surface area contributed by atoms with Gasteiger partial charge in [0.15, 0.2) is 0 Å². The van der Waals surface area contributed by atoms with Gasteiger partial charge < -0.3 is 14.9 Å². The van der Waals surface area contributed by atoms with Gasteiger partial charge in [-0.1, -0.05) is 17.3 Å². The minimum Gasteiger partial charge on any atom is -0.508 e. The average molecular weight is 404 g/mol. The first-order chi connectivity index (χ1) is 14.5. The van der Waals surface area contributed by atoms with Crippen LogP contribution in [0.5, 0.6) is 5.75 Å². The van der Waals surface area contributed by atoms with Crippen LogP contribution in [-0.2, 0) is 0 Å². The highest BCUT2D eigenvalue weighted by Gasteiger charge is 2.43. The predicted octanol–water partition coefficient (Wildman–Crippen LogP) is 4.38. The fraction of sp³-hybridized carbons (Fsp3) is 0.182. The molecule has 1 amide bonds. The Bertz CT molecular complexity index is 1290. The first kappa shape index (κ1) is 18.2. The number of halogens is 1. The van der Waals surface area contributed by atoms with Crippen molar-refractivity contribution in [1.29, 1.82) is 0 Å². The lowest BCUT2D eigenvalue weighted by Crippen LogP contribution is -2.13. The Labute approximate surface area is 170 Å². The number of amides is 1. The van der Waals surface area contributed by atoms with Gasteiger partial charge in [0, 0.05) is 29.0 Å². The molecule has 0 spiro atoms. The van der Waals surface area contributed by atoms with E-state index in [9.17, 15) is 14.3 Å². The number of rotatable bonds is 4. The molecule has 5 rings (SSSR count). The number of phenols is 1. The summed E-state index contributed by atoms with van der Waals surface area (Å²) in [6, 6.07) is 10.2. The van der Waals surface area contributed by atoms with Crippen LogP contribution in [0.2, 0.25) is 0 Å². The minimum absolute atomic E-state index is 0.107. The zero-order valence-corrected chi connectivity index (χ0v) is 16.0. The summed E-state index contributed by atoms with van der Waals surface area (Å²) in [6.07, 6.45) is 2.58. The third kappa shape index (κ3) is 3.26. The van der Waals surface area contributed by atoms with E-state index in [0.717, 1.165) is 5.56 Å². The van der Waals surface area contributed by atoms with Gasteiger partial charge in [0.2, 0.25) is 11.7 Å². The molecule has 0 unspecified atom stereocenters. The van der Waals surface area contributed by atoms with E-state index >= 15 is 0 Å². The summed E-state index contributed by atoms with van der Waals surface area (Å²) in [6.45, 7) is 1.87. The number of hydrogen-bond donors (Lipinski definition) is 2. The van der Waals surface area contributed by atoms with E-state index in [4.69, 9.17) is 4.52 Å². The van der Waals surface area contributed by atoms with Crippen molar-refractivity contribution >= 4 is 22.4 Å². The number of carbonyl (C=O) groups is 1. The highest BCUT2D eigenvalue weighted by atomic mass is 19.1. The average Bonchev–Trinajstić information content (AvgIpc) is 3.26. The molecule has 8 heteroatoms. The molecule has 30 heavy (non-hydrogen) atoms. The van der Waals surface area contributed by atoms with E-state index in [2.05, 4.69) is 20.4 Å². The fourth-order valence-corrected chi connectivity index (χ4v) is 3.35. The van der Waals surface area contributed by atoms with Crippen LogP contribution in [0.1, 0.15) is 34.2 Å². The minimum atomic E-state index is -0.914. The lowest BCUT2D eigenvalue weighted by atomic mass is 10.1. The van der Waals surface area contributed by atoms with Crippen LogP contribution in [0, 0.1) is 6.92 Å². The Balaban J connectivity index is 1.44. The maximum atomic E-state index is 13.2. The van der Waals surface area contributed by atoms with Crippen molar-refractivity contribution < 1.29 is 18.8 Å². The van der Waals surface area contributed by atoms with Crippen LogP contribution in [-0.4, -0.2) is 32.3 Å². The molecule has 1 fully saturated rings. The van der Waals surface area contributed by atoms with E-state index < -0.39 is 6.17 Å². The maximum absolute atomic E-state index is 13.2. The number of anilines is 1. The van der Waals surface area contributed by atoms with Crippen LogP contribution in [0.3, 0.4) is 0 Å². The molecule has 150 valence electrons.